The second-order valence-corrected chi connectivity index (χ2v) is 9.30. The summed E-state index contributed by atoms with van der Waals surface area (Å²) in [5.41, 5.74) is 2.98. The van der Waals surface area contributed by atoms with Crippen molar-refractivity contribution in [2.45, 2.75) is 24.7 Å². The number of carbonyl (C=O) groups is 1. The van der Waals surface area contributed by atoms with E-state index in [9.17, 15) is 13.2 Å². The molecule has 1 amide bonds. The highest BCUT2D eigenvalue weighted by Crippen LogP contribution is 2.31. The van der Waals surface area contributed by atoms with Crippen LogP contribution in [-0.4, -0.2) is 25.9 Å². The van der Waals surface area contributed by atoms with Crippen molar-refractivity contribution in [3.05, 3.63) is 70.7 Å². The molecule has 1 aliphatic rings. The minimum Gasteiger partial charge on any atom is -0.298 e. The Balaban J connectivity index is 1.57. The van der Waals surface area contributed by atoms with E-state index in [-0.39, 0.29) is 10.8 Å². The number of nitrogens with zero attached hydrogens (tertiary/aromatic N) is 2. The van der Waals surface area contributed by atoms with Crippen LogP contribution in [0.1, 0.15) is 28.0 Å². The number of amides is 1. The first-order valence-corrected chi connectivity index (χ1v) is 11.2. The first-order valence-electron chi connectivity index (χ1n) is 8.89. The molecule has 1 aromatic heterocycles. The number of rotatable bonds is 4. The molecule has 1 N–H and O–H groups in total. The van der Waals surface area contributed by atoms with Crippen LogP contribution in [0.4, 0.5) is 10.8 Å². The highest BCUT2D eigenvalue weighted by atomic mass is 32.2. The van der Waals surface area contributed by atoms with Crippen molar-refractivity contribution in [1.29, 1.82) is 0 Å². The van der Waals surface area contributed by atoms with E-state index in [2.05, 4.69) is 10.3 Å². The van der Waals surface area contributed by atoms with E-state index in [1.807, 2.05) is 36.6 Å². The van der Waals surface area contributed by atoms with Gasteiger partial charge >= 0.3 is 0 Å². The van der Waals surface area contributed by atoms with Crippen LogP contribution in [-0.2, 0) is 16.4 Å². The number of para-hydroxylation sites is 1. The Hall–Kier alpha value is -2.71. The summed E-state index contributed by atoms with van der Waals surface area (Å²) in [7, 11) is -3.68. The van der Waals surface area contributed by atoms with Crippen LogP contribution in [0.25, 0.3) is 0 Å². The molecule has 0 aliphatic carbocycles. The number of fused-ring (bicyclic) bond motifs is 1. The summed E-state index contributed by atoms with van der Waals surface area (Å²) < 4.78 is 27.7. The van der Waals surface area contributed by atoms with Crippen molar-refractivity contribution >= 4 is 38.1 Å². The van der Waals surface area contributed by atoms with Gasteiger partial charge in [-0.05, 0) is 55.7 Å². The van der Waals surface area contributed by atoms with E-state index >= 15 is 0 Å². The Morgan fingerprint density at radius 3 is 2.61 bits per heavy atom. The highest BCUT2D eigenvalue weighted by molar-refractivity contribution is 7.92. The molecule has 0 atom stereocenters. The van der Waals surface area contributed by atoms with Crippen molar-refractivity contribution in [2.24, 2.45) is 0 Å². The van der Waals surface area contributed by atoms with Crippen LogP contribution in [0, 0.1) is 6.92 Å². The summed E-state index contributed by atoms with van der Waals surface area (Å²) in [4.78, 5) is 16.7. The largest absolute Gasteiger partial charge is 0.298 e. The Kier molecular flexibility index (Phi) is 4.91. The Labute approximate surface area is 167 Å². The third-order valence-corrected chi connectivity index (χ3v) is 7.31. The minimum atomic E-state index is -3.68. The van der Waals surface area contributed by atoms with Gasteiger partial charge in [0.2, 0.25) is 0 Å². The van der Waals surface area contributed by atoms with Gasteiger partial charge in [0.05, 0.1) is 16.3 Å². The lowest BCUT2D eigenvalue weighted by Crippen LogP contribution is -2.35. The molecule has 4 rings (SSSR count). The summed E-state index contributed by atoms with van der Waals surface area (Å²) in [5.74, 6) is -0.318. The van der Waals surface area contributed by atoms with E-state index in [4.69, 9.17) is 0 Å². The lowest BCUT2D eigenvalue weighted by molar-refractivity contribution is 0.102. The van der Waals surface area contributed by atoms with Crippen LogP contribution in [0.3, 0.4) is 0 Å². The fourth-order valence-corrected chi connectivity index (χ4v) is 5.46. The number of nitrogens with one attached hydrogen (secondary N) is 1. The minimum absolute atomic E-state index is 0.172. The fourth-order valence-electron chi connectivity index (χ4n) is 3.23. The van der Waals surface area contributed by atoms with Crippen LogP contribution in [0.15, 0.2) is 58.8 Å². The molecular formula is C20H19N3O3S2. The topological polar surface area (TPSA) is 79.4 Å². The lowest BCUT2D eigenvalue weighted by atomic mass is 10.0. The molecular weight excluding hydrogens is 394 g/mol. The van der Waals surface area contributed by atoms with Gasteiger partial charge in [-0.3, -0.25) is 14.4 Å². The normalized spacial score (nSPS) is 13.8. The van der Waals surface area contributed by atoms with Gasteiger partial charge in [0, 0.05) is 17.5 Å². The molecule has 28 heavy (non-hydrogen) atoms. The van der Waals surface area contributed by atoms with E-state index < -0.39 is 10.0 Å². The summed E-state index contributed by atoms with van der Waals surface area (Å²) in [6.45, 7) is 2.30. The van der Waals surface area contributed by atoms with Gasteiger partial charge in [0.15, 0.2) is 5.13 Å². The monoisotopic (exact) mass is 413 g/mol. The van der Waals surface area contributed by atoms with E-state index in [1.165, 1.54) is 39.9 Å². The number of carbonyl (C=O) groups excluding carboxylic acids is 1. The van der Waals surface area contributed by atoms with Crippen molar-refractivity contribution in [3.8, 4) is 0 Å². The van der Waals surface area contributed by atoms with E-state index in [0.29, 0.717) is 17.2 Å². The molecule has 8 heteroatoms. The van der Waals surface area contributed by atoms with Gasteiger partial charge in [-0.15, -0.1) is 11.3 Å². The molecule has 0 saturated carbocycles. The molecule has 2 aromatic carbocycles. The Morgan fingerprint density at radius 2 is 1.89 bits per heavy atom. The molecule has 0 fully saturated rings. The molecule has 0 bridgehead atoms. The van der Waals surface area contributed by atoms with Crippen LogP contribution in [0.5, 0.6) is 0 Å². The summed E-state index contributed by atoms with van der Waals surface area (Å²) in [5, 5.41) is 5.09. The number of aryl methyl sites for hydroxylation is 2. The fraction of sp³-hybridized carbons (Fsp3) is 0.200. The summed E-state index contributed by atoms with van der Waals surface area (Å²) >= 11 is 1.35. The predicted molar refractivity (Wildman–Crippen MR) is 111 cm³/mol. The van der Waals surface area contributed by atoms with E-state index in [1.54, 1.807) is 0 Å². The van der Waals surface area contributed by atoms with Crippen LogP contribution < -0.4 is 9.62 Å². The van der Waals surface area contributed by atoms with Crippen molar-refractivity contribution in [1.82, 2.24) is 4.98 Å². The zero-order valence-electron chi connectivity index (χ0n) is 15.3. The third kappa shape index (κ3) is 3.53. The van der Waals surface area contributed by atoms with Crippen molar-refractivity contribution < 1.29 is 13.2 Å². The highest BCUT2D eigenvalue weighted by Gasteiger charge is 2.28. The Morgan fingerprint density at radius 1 is 1.14 bits per heavy atom. The number of anilines is 2. The zero-order valence-corrected chi connectivity index (χ0v) is 16.9. The molecule has 1 aliphatic heterocycles. The maximum absolute atomic E-state index is 13.1. The van der Waals surface area contributed by atoms with Crippen molar-refractivity contribution in [3.63, 3.8) is 0 Å². The van der Waals surface area contributed by atoms with Gasteiger partial charge in [-0.2, -0.15) is 0 Å². The number of aromatic nitrogens is 1. The first kappa shape index (κ1) is 18.6. The molecule has 2 heterocycles. The lowest BCUT2D eigenvalue weighted by Gasteiger charge is -2.30. The van der Waals surface area contributed by atoms with Crippen LogP contribution >= 0.6 is 11.3 Å². The van der Waals surface area contributed by atoms with Gasteiger partial charge in [-0.1, -0.05) is 18.2 Å². The number of hydrogen-bond acceptors (Lipinski definition) is 5. The summed E-state index contributed by atoms with van der Waals surface area (Å²) in [6, 6.07) is 13.6. The van der Waals surface area contributed by atoms with Gasteiger partial charge in [-0.25, -0.2) is 13.4 Å². The smallest absolute Gasteiger partial charge is 0.264 e. The maximum Gasteiger partial charge on any atom is 0.264 e. The SMILES string of the molecule is Cc1csc(NC(=O)c2ccc(S(=O)(=O)N3CCCc4ccccc43)cc2)n1. The number of thiazole rings is 1. The average Bonchev–Trinajstić information content (AvgIpc) is 3.12. The average molecular weight is 414 g/mol. The van der Waals surface area contributed by atoms with Crippen LogP contribution in [0.2, 0.25) is 0 Å². The standard InChI is InChI=1S/C20H19N3O3S2/c1-14-13-27-20(21-14)22-19(24)16-8-10-17(11-9-16)28(25,26)23-12-4-6-15-5-2-3-7-18(15)23/h2-3,5,7-11,13H,4,6,12H2,1H3,(H,21,22,24). The maximum atomic E-state index is 13.1. The number of sulfonamides is 1. The molecule has 0 saturated heterocycles. The quantitative estimate of drug-likeness (QED) is 0.705. The Bertz CT molecular complexity index is 1120. The first-order chi connectivity index (χ1) is 13.4. The summed E-state index contributed by atoms with van der Waals surface area (Å²) in [6.07, 6.45) is 1.65. The van der Waals surface area contributed by atoms with E-state index in [0.717, 1.165) is 29.8 Å². The number of benzene rings is 2. The molecule has 0 spiro atoms. The molecule has 3 aromatic rings. The van der Waals surface area contributed by atoms with Gasteiger partial charge in [0.1, 0.15) is 0 Å². The molecule has 0 radical (unpaired) electrons. The third-order valence-electron chi connectivity index (χ3n) is 4.61. The molecule has 0 unspecified atom stereocenters. The van der Waals surface area contributed by atoms with Crippen molar-refractivity contribution in [2.75, 3.05) is 16.2 Å². The second-order valence-electron chi connectivity index (χ2n) is 6.58. The molecule has 144 valence electrons. The van der Waals surface area contributed by atoms with Gasteiger partial charge in [0.25, 0.3) is 15.9 Å². The van der Waals surface area contributed by atoms with Gasteiger partial charge < -0.3 is 0 Å². The molecule has 6 nitrogen and oxygen atoms in total. The second kappa shape index (κ2) is 7.37. The number of hydrogen-bond donors (Lipinski definition) is 1. The predicted octanol–water partition coefficient (Wildman–Crippen LogP) is 3.85. The zero-order chi connectivity index (χ0) is 19.7.